The molecule has 3 unspecified atom stereocenters. The van der Waals surface area contributed by atoms with Crippen LogP contribution in [0.1, 0.15) is 43.9 Å². The van der Waals surface area contributed by atoms with E-state index in [1.54, 1.807) is 12.1 Å². The summed E-state index contributed by atoms with van der Waals surface area (Å²) < 4.78 is 34.2. The zero-order valence-electron chi connectivity index (χ0n) is 21.9. The van der Waals surface area contributed by atoms with Gasteiger partial charge in [-0.3, -0.25) is 14.9 Å². The fourth-order valence-electron chi connectivity index (χ4n) is 6.34. The largest absolute Gasteiger partial charge is 0.379 e. The number of morpholine rings is 1. The molecule has 3 aliphatic heterocycles. The lowest BCUT2D eigenvalue weighted by atomic mass is 9.75. The number of nitrogens with one attached hydrogen (secondary N) is 4. The average molecular weight is 532 g/mol. The van der Waals surface area contributed by atoms with Gasteiger partial charge in [-0.2, -0.15) is 5.10 Å². The summed E-state index contributed by atoms with van der Waals surface area (Å²) in [6, 6.07) is 8.09. The maximum atomic E-state index is 13.0. The lowest BCUT2D eigenvalue weighted by Gasteiger charge is -2.58. The maximum absolute atomic E-state index is 13.0. The molecule has 3 saturated heterocycles. The van der Waals surface area contributed by atoms with E-state index in [4.69, 9.17) is 4.74 Å². The summed E-state index contributed by atoms with van der Waals surface area (Å²) >= 11 is 0. The molecule has 0 saturated carbocycles. The highest BCUT2D eigenvalue weighted by atomic mass is 32.2. The first-order valence-corrected chi connectivity index (χ1v) is 15.0. The lowest BCUT2D eigenvalue weighted by Crippen LogP contribution is -2.71. The number of sulfonamides is 1. The van der Waals surface area contributed by atoms with Crippen LogP contribution in [0.15, 0.2) is 41.6 Å². The molecule has 3 atom stereocenters. The maximum Gasteiger partial charge on any atom is 0.240 e. The summed E-state index contributed by atoms with van der Waals surface area (Å²) in [5.74, 6) is 0. The highest BCUT2D eigenvalue weighted by Gasteiger charge is 2.49. The molecule has 3 aliphatic rings. The number of hydrogen-bond donors (Lipinski definition) is 4. The van der Waals surface area contributed by atoms with Gasteiger partial charge in [-0.25, -0.2) is 13.1 Å². The van der Waals surface area contributed by atoms with Crippen LogP contribution in [0.4, 0.5) is 0 Å². The van der Waals surface area contributed by atoms with Gasteiger partial charge < -0.3 is 15.4 Å². The molecule has 0 radical (unpaired) electrons. The molecule has 3 fully saturated rings. The molecule has 0 bridgehead atoms. The number of hydrogen-bond acceptors (Lipinski definition) is 8. The first kappa shape index (κ1) is 26.7. The second kappa shape index (κ2) is 11.5. The van der Waals surface area contributed by atoms with Crippen LogP contribution in [-0.2, 0) is 14.8 Å². The molecule has 1 aromatic heterocycles. The van der Waals surface area contributed by atoms with Crippen molar-refractivity contribution < 1.29 is 13.2 Å². The molecular weight excluding hydrogens is 490 g/mol. The van der Waals surface area contributed by atoms with Crippen LogP contribution in [0, 0.1) is 0 Å². The van der Waals surface area contributed by atoms with Crippen LogP contribution in [0.25, 0.3) is 0 Å². The Morgan fingerprint density at radius 1 is 1.14 bits per heavy atom. The highest BCUT2D eigenvalue weighted by molar-refractivity contribution is 7.89. The minimum absolute atomic E-state index is 0.00545. The molecule has 4 heterocycles. The van der Waals surface area contributed by atoms with E-state index in [-0.39, 0.29) is 11.6 Å². The minimum atomic E-state index is -3.59. The monoisotopic (exact) mass is 531 g/mol. The van der Waals surface area contributed by atoms with E-state index in [1.165, 1.54) is 0 Å². The van der Waals surface area contributed by atoms with Crippen LogP contribution in [-0.4, -0.2) is 105 Å². The van der Waals surface area contributed by atoms with Crippen molar-refractivity contribution in [2.75, 3.05) is 59.0 Å². The fraction of sp³-hybridized carbons (Fsp3) is 0.654. The number of nitrogens with zero attached hydrogens (tertiary/aromatic N) is 3. The first-order valence-electron chi connectivity index (χ1n) is 13.5. The molecule has 5 rings (SSSR count). The SMILES string of the molecule is CC1CN(C(c2ccc(S(=O)(=O)NCCN3CCOCC3)cc2)c2cn[nH]c2)C2(CCNCC2)C(C)N1. The number of ether oxygens (including phenoxy) is 1. The van der Waals surface area contributed by atoms with E-state index in [1.807, 2.05) is 24.5 Å². The Balaban J connectivity index is 1.38. The molecule has 0 amide bonds. The van der Waals surface area contributed by atoms with E-state index < -0.39 is 10.0 Å². The Labute approximate surface area is 220 Å². The van der Waals surface area contributed by atoms with E-state index >= 15 is 0 Å². The minimum Gasteiger partial charge on any atom is -0.379 e. The Morgan fingerprint density at radius 2 is 1.86 bits per heavy atom. The van der Waals surface area contributed by atoms with Gasteiger partial charge in [0.25, 0.3) is 0 Å². The third kappa shape index (κ3) is 5.78. The van der Waals surface area contributed by atoms with Crippen LogP contribution < -0.4 is 15.4 Å². The van der Waals surface area contributed by atoms with Crippen LogP contribution >= 0.6 is 0 Å². The molecule has 2 aromatic rings. The molecule has 37 heavy (non-hydrogen) atoms. The number of aromatic amines is 1. The zero-order valence-corrected chi connectivity index (χ0v) is 22.8. The van der Waals surface area contributed by atoms with E-state index in [2.05, 4.69) is 49.2 Å². The van der Waals surface area contributed by atoms with Gasteiger partial charge in [0, 0.05) is 62.1 Å². The predicted molar refractivity (Wildman–Crippen MR) is 143 cm³/mol. The Kier molecular flexibility index (Phi) is 8.30. The number of aromatic nitrogens is 2. The number of H-pyrrole nitrogens is 1. The van der Waals surface area contributed by atoms with Crippen molar-refractivity contribution in [1.82, 2.24) is 35.4 Å². The summed E-state index contributed by atoms with van der Waals surface area (Å²) in [4.78, 5) is 5.16. The molecule has 1 spiro atoms. The second-order valence-electron chi connectivity index (χ2n) is 10.7. The van der Waals surface area contributed by atoms with Gasteiger partial charge in [-0.05, 0) is 57.5 Å². The fourth-order valence-corrected chi connectivity index (χ4v) is 7.36. The van der Waals surface area contributed by atoms with Gasteiger partial charge in [0.2, 0.25) is 10.0 Å². The van der Waals surface area contributed by atoms with Gasteiger partial charge in [0.15, 0.2) is 0 Å². The van der Waals surface area contributed by atoms with Gasteiger partial charge in [0.1, 0.15) is 0 Å². The van der Waals surface area contributed by atoms with E-state index in [0.717, 1.165) is 56.7 Å². The molecular formula is C26H41N7O3S. The predicted octanol–water partition coefficient (Wildman–Crippen LogP) is 0.914. The standard InChI is InChI=1S/C26H41N7O3S/c1-20-19-33(26(21(2)31-20)7-9-27-10-8-26)25(23-17-28-29-18-23)22-3-5-24(6-4-22)37(34,35)30-11-12-32-13-15-36-16-14-32/h3-6,17-18,20-21,25,27,30-31H,7-16,19H2,1-2H3,(H,28,29). The van der Waals surface area contributed by atoms with Crippen LogP contribution in [0.3, 0.4) is 0 Å². The van der Waals surface area contributed by atoms with Crippen molar-refractivity contribution in [2.24, 2.45) is 0 Å². The average Bonchev–Trinajstić information content (AvgIpc) is 3.43. The summed E-state index contributed by atoms with van der Waals surface area (Å²) in [5, 5.41) is 14.6. The quantitative estimate of drug-likeness (QED) is 0.398. The number of rotatable bonds is 8. The Bertz CT molecular complexity index is 1100. The van der Waals surface area contributed by atoms with Gasteiger partial charge in [0.05, 0.1) is 30.3 Å². The second-order valence-corrected chi connectivity index (χ2v) is 12.4. The summed E-state index contributed by atoms with van der Waals surface area (Å²) in [6.07, 6.45) is 5.98. The number of piperazine rings is 1. The molecule has 10 nitrogen and oxygen atoms in total. The summed E-state index contributed by atoms with van der Waals surface area (Å²) in [5.41, 5.74) is 2.18. The van der Waals surface area contributed by atoms with Crippen LogP contribution in [0.2, 0.25) is 0 Å². The third-order valence-electron chi connectivity index (χ3n) is 8.33. The summed E-state index contributed by atoms with van der Waals surface area (Å²) in [7, 11) is -3.59. The van der Waals surface area contributed by atoms with E-state index in [9.17, 15) is 8.42 Å². The van der Waals surface area contributed by atoms with Crippen molar-refractivity contribution in [1.29, 1.82) is 0 Å². The molecule has 11 heteroatoms. The van der Waals surface area contributed by atoms with Gasteiger partial charge in [-0.15, -0.1) is 0 Å². The molecule has 4 N–H and O–H groups in total. The molecule has 204 valence electrons. The molecule has 0 aliphatic carbocycles. The zero-order chi connectivity index (χ0) is 25.9. The van der Waals surface area contributed by atoms with Gasteiger partial charge in [-0.1, -0.05) is 12.1 Å². The summed E-state index contributed by atoms with van der Waals surface area (Å²) in [6.45, 7) is 11.6. The van der Waals surface area contributed by atoms with Crippen molar-refractivity contribution in [2.45, 2.75) is 55.2 Å². The van der Waals surface area contributed by atoms with E-state index in [0.29, 0.717) is 43.3 Å². The van der Waals surface area contributed by atoms with Crippen molar-refractivity contribution in [3.05, 3.63) is 47.8 Å². The number of piperidine rings is 1. The van der Waals surface area contributed by atoms with Crippen molar-refractivity contribution in [3.8, 4) is 0 Å². The Morgan fingerprint density at radius 3 is 2.54 bits per heavy atom. The Hall–Kier alpha value is -1.86. The first-order chi connectivity index (χ1) is 17.9. The van der Waals surface area contributed by atoms with Gasteiger partial charge >= 0.3 is 0 Å². The smallest absolute Gasteiger partial charge is 0.240 e. The third-order valence-corrected chi connectivity index (χ3v) is 9.81. The van der Waals surface area contributed by atoms with Crippen LogP contribution in [0.5, 0.6) is 0 Å². The molecule has 1 aromatic carbocycles. The topological polar surface area (TPSA) is 115 Å². The number of benzene rings is 1. The van der Waals surface area contributed by atoms with Crippen molar-refractivity contribution >= 4 is 10.0 Å². The normalized spacial score (nSPS) is 26.3. The lowest BCUT2D eigenvalue weighted by molar-refractivity contribution is -0.0349. The van der Waals surface area contributed by atoms with Crippen molar-refractivity contribution in [3.63, 3.8) is 0 Å². The highest BCUT2D eigenvalue weighted by Crippen LogP contribution is 2.42.